The molecule has 0 spiro atoms. The maximum atomic E-state index is 11.9. The zero-order chi connectivity index (χ0) is 14.3. The van der Waals surface area contributed by atoms with E-state index in [9.17, 15) is 9.59 Å². The molecule has 1 rings (SSSR count). The van der Waals surface area contributed by atoms with Gasteiger partial charge < -0.3 is 16.2 Å². The number of nitrogens with one attached hydrogen (secondary N) is 1. The predicted molar refractivity (Wildman–Crippen MR) is 72.7 cm³/mol. The monoisotopic (exact) mass is 264 g/mol. The molecule has 0 aliphatic rings. The number of aliphatic carboxylic acids is 1. The summed E-state index contributed by atoms with van der Waals surface area (Å²) in [7, 11) is 0. The molecule has 0 fully saturated rings. The topological polar surface area (TPSA) is 92.4 Å². The minimum Gasteiger partial charge on any atom is -0.481 e. The fraction of sp³-hybridized carbons (Fsp3) is 0.429. The fourth-order valence-electron chi connectivity index (χ4n) is 1.74. The third kappa shape index (κ3) is 5.09. The molecule has 0 saturated heterocycles. The SMILES string of the molecule is CCC(CNC(=O)c1ccc(CN)cc1)CC(=O)O. The second-order valence-corrected chi connectivity index (χ2v) is 4.48. The van der Waals surface area contributed by atoms with Gasteiger partial charge in [0.25, 0.3) is 5.91 Å². The summed E-state index contributed by atoms with van der Waals surface area (Å²) in [4.78, 5) is 22.5. The first kappa shape index (κ1) is 15.2. The van der Waals surface area contributed by atoms with E-state index in [0.717, 1.165) is 12.0 Å². The van der Waals surface area contributed by atoms with Crippen LogP contribution in [0, 0.1) is 5.92 Å². The summed E-state index contributed by atoms with van der Waals surface area (Å²) in [5.74, 6) is -1.06. The first-order valence-electron chi connectivity index (χ1n) is 6.35. The van der Waals surface area contributed by atoms with Gasteiger partial charge in [-0.2, -0.15) is 0 Å². The Bertz CT molecular complexity index is 429. The summed E-state index contributed by atoms with van der Waals surface area (Å²) in [5, 5.41) is 11.5. The van der Waals surface area contributed by atoms with Crippen molar-refractivity contribution in [2.75, 3.05) is 6.54 Å². The van der Waals surface area contributed by atoms with Crippen molar-refractivity contribution in [3.63, 3.8) is 0 Å². The van der Waals surface area contributed by atoms with Gasteiger partial charge in [-0.05, 0) is 23.6 Å². The van der Waals surface area contributed by atoms with Crippen molar-refractivity contribution in [2.45, 2.75) is 26.3 Å². The molecule has 0 radical (unpaired) electrons. The third-order valence-electron chi connectivity index (χ3n) is 3.04. The van der Waals surface area contributed by atoms with Gasteiger partial charge in [-0.1, -0.05) is 25.5 Å². The molecule has 0 aromatic heterocycles. The van der Waals surface area contributed by atoms with E-state index >= 15 is 0 Å². The Balaban J connectivity index is 2.51. The molecule has 1 amide bonds. The average molecular weight is 264 g/mol. The maximum Gasteiger partial charge on any atom is 0.303 e. The van der Waals surface area contributed by atoms with Crippen molar-refractivity contribution in [2.24, 2.45) is 11.7 Å². The number of carbonyl (C=O) groups is 2. The van der Waals surface area contributed by atoms with Gasteiger partial charge in [0.1, 0.15) is 0 Å². The van der Waals surface area contributed by atoms with Crippen LogP contribution in [0.3, 0.4) is 0 Å². The number of nitrogens with two attached hydrogens (primary N) is 1. The number of carboxylic acid groups (broad SMARTS) is 1. The minimum absolute atomic E-state index is 0.0373. The largest absolute Gasteiger partial charge is 0.481 e. The molecule has 0 heterocycles. The lowest BCUT2D eigenvalue weighted by molar-refractivity contribution is -0.138. The highest BCUT2D eigenvalue weighted by molar-refractivity contribution is 5.94. The maximum absolute atomic E-state index is 11.9. The Morgan fingerprint density at radius 3 is 2.42 bits per heavy atom. The van der Waals surface area contributed by atoms with Crippen LogP contribution in [0.1, 0.15) is 35.7 Å². The van der Waals surface area contributed by atoms with E-state index in [2.05, 4.69) is 5.32 Å². The Hall–Kier alpha value is -1.88. The van der Waals surface area contributed by atoms with Crippen LogP contribution in [0.5, 0.6) is 0 Å². The highest BCUT2D eigenvalue weighted by Gasteiger charge is 2.13. The summed E-state index contributed by atoms with van der Waals surface area (Å²) in [6.45, 7) is 2.73. The third-order valence-corrected chi connectivity index (χ3v) is 3.04. The van der Waals surface area contributed by atoms with Crippen molar-refractivity contribution in [1.82, 2.24) is 5.32 Å². The van der Waals surface area contributed by atoms with E-state index in [-0.39, 0.29) is 18.2 Å². The smallest absolute Gasteiger partial charge is 0.303 e. The molecule has 4 N–H and O–H groups in total. The van der Waals surface area contributed by atoms with E-state index in [1.165, 1.54) is 0 Å². The van der Waals surface area contributed by atoms with Crippen molar-refractivity contribution < 1.29 is 14.7 Å². The van der Waals surface area contributed by atoms with Crippen molar-refractivity contribution >= 4 is 11.9 Å². The summed E-state index contributed by atoms with van der Waals surface area (Å²) in [6.07, 6.45) is 0.793. The minimum atomic E-state index is -0.839. The van der Waals surface area contributed by atoms with E-state index in [1.54, 1.807) is 12.1 Å². The number of rotatable bonds is 7. The highest BCUT2D eigenvalue weighted by atomic mass is 16.4. The number of amides is 1. The molecular weight excluding hydrogens is 244 g/mol. The summed E-state index contributed by atoms with van der Waals surface area (Å²) < 4.78 is 0. The quantitative estimate of drug-likeness (QED) is 0.693. The normalized spacial score (nSPS) is 11.9. The van der Waals surface area contributed by atoms with Crippen LogP contribution in [-0.2, 0) is 11.3 Å². The predicted octanol–water partition coefficient (Wildman–Crippen LogP) is 1.38. The molecular formula is C14H20N2O3. The van der Waals surface area contributed by atoms with Crippen LogP contribution in [0.25, 0.3) is 0 Å². The van der Waals surface area contributed by atoms with Crippen molar-refractivity contribution in [3.8, 4) is 0 Å². The fourth-order valence-corrected chi connectivity index (χ4v) is 1.74. The molecule has 104 valence electrons. The highest BCUT2D eigenvalue weighted by Crippen LogP contribution is 2.08. The molecule has 1 aromatic carbocycles. The second-order valence-electron chi connectivity index (χ2n) is 4.48. The molecule has 5 nitrogen and oxygen atoms in total. The summed E-state index contributed by atoms with van der Waals surface area (Å²) in [6, 6.07) is 7.05. The van der Waals surface area contributed by atoms with Gasteiger partial charge in [-0.25, -0.2) is 0 Å². The zero-order valence-electron chi connectivity index (χ0n) is 11.1. The van der Waals surface area contributed by atoms with Crippen LogP contribution < -0.4 is 11.1 Å². The first-order valence-corrected chi connectivity index (χ1v) is 6.35. The average Bonchev–Trinajstić information content (AvgIpc) is 2.42. The summed E-state index contributed by atoms with van der Waals surface area (Å²) >= 11 is 0. The first-order chi connectivity index (χ1) is 9.06. The van der Waals surface area contributed by atoms with Crippen molar-refractivity contribution in [3.05, 3.63) is 35.4 Å². The number of carboxylic acids is 1. The zero-order valence-corrected chi connectivity index (χ0v) is 11.1. The standard InChI is InChI=1S/C14H20N2O3/c1-2-10(7-13(17)18)9-16-14(19)12-5-3-11(8-15)4-6-12/h3-6,10H,2,7-9,15H2,1H3,(H,16,19)(H,17,18). The van der Waals surface area contributed by atoms with E-state index < -0.39 is 5.97 Å². The lowest BCUT2D eigenvalue weighted by Gasteiger charge is -2.13. The van der Waals surface area contributed by atoms with Gasteiger partial charge in [-0.15, -0.1) is 0 Å². The molecule has 0 aliphatic heterocycles. The van der Waals surface area contributed by atoms with Gasteiger partial charge in [0.2, 0.25) is 0 Å². The molecule has 1 unspecified atom stereocenters. The molecule has 19 heavy (non-hydrogen) atoms. The Morgan fingerprint density at radius 2 is 1.95 bits per heavy atom. The van der Waals surface area contributed by atoms with Crippen LogP contribution in [0.15, 0.2) is 24.3 Å². The number of hydrogen-bond donors (Lipinski definition) is 3. The van der Waals surface area contributed by atoms with Crippen molar-refractivity contribution in [1.29, 1.82) is 0 Å². The molecule has 1 atom stereocenters. The number of carbonyl (C=O) groups excluding carboxylic acids is 1. The molecule has 1 aromatic rings. The number of benzene rings is 1. The summed E-state index contributed by atoms with van der Waals surface area (Å²) in [5.41, 5.74) is 7.01. The molecule has 0 saturated carbocycles. The van der Waals surface area contributed by atoms with E-state index in [0.29, 0.717) is 18.7 Å². The van der Waals surface area contributed by atoms with Crippen LogP contribution in [0.2, 0.25) is 0 Å². The molecule has 0 aliphatic carbocycles. The van der Waals surface area contributed by atoms with Crippen LogP contribution >= 0.6 is 0 Å². The van der Waals surface area contributed by atoms with Crippen LogP contribution in [-0.4, -0.2) is 23.5 Å². The van der Waals surface area contributed by atoms with Gasteiger partial charge in [-0.3, -0.25) is 9.59 Å². The lowest BCUT2D eigenvalue weighted by atomic mass is 10.0. The van der Waals surface area contributed by atoms with Gasteiger partial charge in [0, 0.05) is 25.1 Å². The molecule has 0 bridgehead atoms. The van der Waals surface area contributed by atoms with Gasteiger partial charge >= 0.3 is 5.97 Å². The Labute approximate surface area is 112 Å². The second kappa shape index (κ2) is 7.53. The number of hydrogen-bond acceptors (Lipinski definition) is 3. The lowest BCUT2D eigenvalue weighted by Crippen LogP contribution is -2.30. The van der Waals surface area contributed by atoms with E-state index in [1.807, 2.05) is 19.1 Å². The van der Waals surface area contributed by atoms with Crippen LogP contribution in [0.4, 0.5) is 0 Å². The Morgan fingerprint density at radius 1 is 1.32 bits per heavy atom. The van der Waals surface area contributed by atoms with Gasteiger partial charge in [0.05, 0.1) is 0 Å². The Kier molecular flexibility index (Phi) is 6.02. The van der Waals surface area contributed by atoms with E-state index in [4.69, 9.17) is 10.8 Å². The molecule has 5 heteroatoms. The van der Waals surface area contributed by atoms with Gasteiger partial charge in [0.15, 0.2) is 0 Å².